The van der Waals surface area contributed by atoms with Crippen molar-refractivity contribution in [3.05, 3.63) is 35.9 Å². The molecule has 1 aromatic rings. The predicted molar refractivity (Wildman–Crippen MR) is 119 cm³/mol. The average Bonchev–Trinajstić information content (AvgIpc) is 2.66. The van der Waals surface area contributed by atoms with Gasteiger partial charge in [-0.1, -0.05) is 44.2 Å². The molecular formula is C21H38N4OS. The molecule has 0 saturated carbocycles. The summed E-state index contributed by atoms with van der Waals surface area (Å²) >= 11 is 0. The summed E-state index contributed by atoms with van der Waals surface area (Å²) in [7, 11) is -0.885. The van der Waals surface area contributed by atoms with Gasteiger partial charge in [-0.25, -0.2) is 0 Å². The lowest BCUT2D eigenvalue weighted by molar-refractivity contribution is 0.292. The van der Waals surface area contributed by atoms with E-state index in [4.69, 9.17) is 0 Å². The van der Waals surface area contributed by atoms with E-state index in [0.29, 0.717) is 24.1 Å². The number of rotatable bonds is 13. The minimum absolute atomic E-state index is 0.369. The van der Waals surface area contributed by atoms with Gasteiger partial charge in [-0.05, 0) is 51.9 Å². The van der Waals surface area contributed by atoms with Gasteiger partial charge in [-0.3, -0.25) is 9.20 Å². The SMILES string of the molecule is CCNC(=NCCS(=O)Cc1ccccc1)NC(C)CCCN(CC)CC. The number of hydrogen-bond acceptors (Lipinski definition) is 3. The quantitative estimate of drug-likeness (QED) is 0.399. The van der Waals surface area contributed by atoms with Crippen LogP contribution >= 0.6 is 0 Å². The standard InChI is InChI=1S/C21H38N4OS/c1-5-22-21(24-19(4)12-11-16-25(6-2)7-3)23-15-17-27(26)18-20-13-9-8-10-14-20/h8-10,13-14,19H,5-7,11-12,15-18H2,1-4H3,(H2,22,23,24). The van der Waals surface area contributed by atoms with Gasteiger partial charge in [0.05, 0.1) is 6.54 Å². The van der Waals surface area contributed by atoms with Gasteiger partial charge in [-0.2, -0.15) is 0 Å². The molecule has 27 heavy (non-hydrogen) atoms. The van der Waals surface area contributed by atoms with Gasteiger partial charge in [-0.15, -0.1) is 0 Å². The molecule has 0 heterocycles. The van der Waals surface area contributed by atoms with Gasteiger partial charge in [0.1, 0.15) is 0 Å². The summed E-state index contributed by atoms with van der Waals surface area (Å²) in [5, 5.41) is 6.76. The molecule has 0 amide bonds. The van der Waals surface area contributed by atoms with Crippen LogP contribution in [0.15, 0.2) is 35.3 Å². The third-order valence-electron chi connectivity index (χ3n) is 4.49. The van der Waals surface area contributed by atoms with Crippen molar-refractivity contribution >= 4 is 16.8 Å². The molecule has 0 aliphatic carbocycles. The molecule has 154 valence electrons. The Morgan fingerprint density at radius 3 is 2.52 bits per heavy atom. The van der Waals surface area contributed by atoms with Crippen molar-refractivity contribution < 1.29 is 4.21 Å². The van der Waals surface area contributed by atoms with Crippen LogP contribution in [0.3, 0.4) is 0 Å². The van der Waals surface area contributed by atoms with Gasteiger partial charge in [0.15, 0.2) is 5.96 Å². The largest absolute Gasteiger partial charge is 0.357 e. The van der Waals surface area contributed by atoms with E-state index in [1.54, 1.807) is 0 Å². The average molecular weight is 395 g/mol. The number of nitrogens with one attached hydrogen (secondary N) is 2. The van der Waals surface area contributed by atoms with E-state index < -0.39 is 10.8 Å². The summed E-state index contributed by atoms with van der Waals surface area (Å²) in [5.41, 5.74) is 1.12. The molecule has 0 aliphatic rings. The van der Waals surface area contributed by atoms with Crippen molar-refractivity contribution in [1.82, 2.24) is 15.5 Å². The number of aliphatic imine (C=N–C) groups is 1. The van der Waals surface area contributed by atoms with Crippen LogP contribution in [0.25, 0.3) is 0 Å². The third kappa shape index (κ3) is 11.1. The number of guanidine groups is 1. The first-order chi connectivity index (χ1) is 13.1. The molecule has 0 saturated heterocycles. The Labute approximate surface area is 168 Å². The van der Waals surface area contributed by atoms with Crippen LogP contribution in [0.4, 0.5) is 0 Å². The molecule has 2 N–H and O–H groups in total. The molecule has 0 spiro atoms. The molecule has 1 aromatic carbocycles. The minimum Gasteiger partial charge on any atom is -0.357 e. The monoisotopic (exact) mass is 394 g/mol. The topological polar surface area (TPSA) is 56.7 Å². The van der Waals surface area contributed by atoms with E-state index >= 15 is 0 Å². The van der Waals surface area contributed by atoms with E-state index in [9.17, 15) is 4.21 Å². The maximum Gasteiger partial charge on any atom is 0.191 e. The molecule has 6 heteroatoms. The summed E-state index contributed by atoms with van der Waals surface area (Å²) in [5.74, 6) is 2.01. The molecule has 0 radical (unpaired) electrons. The predicted octanol–water partition coefficient (Wildman–Crippen LogP) is 3.00. The lowest BCUT2D eigenvalue weighted by Crippen LogP contribution is -2.42. The summed E-state index contributed by atoms with van der Waals surface area (Å²) in [4.78, 5) is 7.05. The number of nitrogens with zero attached hydrogens (tertiary/aromatic N) is 2. The number of hydrogen-bond donors (Lipinski definition) is 2. The molecule has 2 atom stereocenters. The minimum atomic E-state index is -0.885. The van der Waals surface area contributed by atoms with Crippen LogP contribution < -0.4 is 10.6 Å². The fourth-order valence-electron chi connectivity index (χ4n) is 2.88. The van der Waals surface area contributed by atoms with Crippen molar-refractivity contribution in [2.45, 2.75) is 52.3 Å². The van der Waals surface area contributed by atoms with Crippen LogP contribution in [0.1, 0.15) is 46.1 Å². The third-order valence-corrected chi connectivity index (χ3v) is 5.79. The summed E-state index contributed by atoms with van der Waals surface area (Å²) in [6, 6.07) is 10.4. The Bertz CT molecular complexity index is 546. The van der Waals surface area contributed by atoms with E-state index in [1.807, 2.05) is 30.3 Å². The van der Waals surface area contributed by atoms with Crippen LogP contribution in [-0.2, 0) is 16.6 Å². The van der Waals surface area contributed by atoms with Gasteiger partial charge < -0.3 is 15.5 Å². The van der Waals surface area contributed by atoms with Crippen molar-refractivity contribution in [3.63, 3.8) is 0 Å². The Morgan fingerprint density at radius 1 is 1.19 bits per heavy atom. The van der Waals surface area contributed by atoms with Gasteiger partial charge >= 0.3 is 0 Å². The van der Waals surface area contributed by atoms with Gasteiger partial charge in [0, 0.05) is 34.9 Å². The summed E-state index contributed by atoms with van der Waals surface area (Å²) in [6.45, 7) is 13.5. The maximum atomic E-state index is 12.2. The second kappa shape index (κ2) is 14.6. The van der Waals surface area contributed by atoms with Gasteiger partial charge in [0.2, 0.25) is 0 Å². The zero-order valence-electron chi connectivity index (χ0n) is 17.5. The molecule has 5 nitrogen and oxygen atoms in total. The second-order valence-electron chi connectivity index (χ2n) is 6.75. The fourth-order valence-corrected chi connectivity index (χ4v) is 3.88. The molecule has 0 bridgehead atoms. The highest BCUT2D eigenvalue weighted by Gasteiger charge is 2.07. The highest BCUT2D eigenvalue weighted by atomic mass is 32.2. The van der Waals surface area contributed by atoms with Crippen molar-refractivity contribution in [2.24, 2.45) is 4.99 Å². The van der Waals surface area contributed by atoms with Crippen LogP contribution in [0.5, 0.6) is 0 Å². The molecule has 0 aliphatic heterocycles. The van der Waals surface area contributed by atoms with Crippen molar-refractivity contribution in [1.29, 1.82) is 0 Å². The van der Waals surface area contributed by atoms with Gasteiger partial charge in [0.25, 0.3) is 0 Å². The van der Waals surface area contributed by atoms with E-state index in [0.717, 1.165) is 44.1 Å². The summed E-state index contributed by atoms with van der Waals surface area (Å²) in [6.07, 6.45) is 2.29. The Balaban J connectivity index is 2.36. The lowest BCUT2D eigenvalue weighted by Gasteiger charge is -2.21. The molecule has 2 unspecified atom stereocenters. The maximum absolute atomic E-state index is 12.2. The van der Waals surface area contributed by atoms with Crippen LogP contribution in [0.2, 0.25) is 0 Å². The molecule has 0 aromatic heterocycles. The Morgan fingerprint density at radius 2 is 1.89 bits per heavy atom. The zero-order chi connectivity index (χ0) is 19.9. The lowest BCUT2D eigenvalue weighted by atomic mass is 10.2. The number of benzene rings is 1. The highest BCUT2D eigenvalue weighted by Crippen LogP contribution is 2.03. The van der Waals surface area contributed by atoms with Crippen LogP contribution in [0, 0.1) is 0 Å². The first-order valence-corrected chi connectivity index (χ1v) is 11.7. The highest BCUT2D eigenvalue weighted by molar-refractivity contribution is 7.84. The van der Waals surface area contributed by atoms with Crippen LogP contribution in [-0.4, -0.2) is 59.6 Å². The molecular weight excluding hydrogens is 356 g/mol. The smallest absolute Gasteiger partial charge is 0.191 e. The Hall–Kier alpha value is -1.40. The first kappa shape index (κ1) is 23.6. The van der Waals surface area contributed by atoms with E-state index in [1.165, 1.54) is 6.42 Å². The fraction of sp³-hybridized carbons (Fsp3) is 0.667. The summed E-state index contributed by atoms with van der Waals surface area (Å²) < 4.78 is 12.2. The van der Waals surface area contributed by atoms with E-state index in [-0.39, 0.29) is 0 Å². The normalized spacial score (nSPS) is 14.2. The second-order valence-corrected chi connectivity index (χ2v) is 8.33. The molecule has 1 rings (SSSR count). The van der Waals surface area contributed by atoms with Crippen molar-refractivity contribution in [3.8, 4) is 0 Å². The first-order valence-electron chi connectivity index (χ1n) is 10.2. The van der Waals surface area contributed by atoms with Crippen molar-refractivity contribution in [2.75, 3.05) is 38.5 Å². The Kier molecular flexibility index (Phi) is 12.8. The van der Waals surface area contributed by atoms with E-state index in [2.05, 4.69) is 48.2 Å². The molecule has 0 fully saturated rings. The zero-order valence-corrected chi connectivity index (χ0v) is 18.4.